The van der Waals surface area contributed by atoms with Gasteiger partial charge in [0, 0.05) is 23.2 Å². The number of aromatic nitrogens is 2. The second-order valence-electron chi connectivity index (χ2n) is 5.97. The van der Waals surface area contributed by atoms with Gasteiger partial charge in [0.15, 0.2) is 5.78 Å². The summed E-state index contributed by atoms with van der Waals surface area (Å²) in [5, 5.41) is 15.6. The number of benzene rings is 1. The number of aliphatic carboxylic acids is 1. The third kappa shape index (κ3) is 4.07. The summed E-state index contributed by atoms with van der Waals surface area (Å²) < 4.78 is 0. The van der Waals surface area contributed by atoms with Gasteiger partial charge in [0.1, 0.15) is 11.4 Å². The van der Waals surface area contributed by atoms with Crippen molar-refractivity contribution in [3.05, 3.63) is 59.0 Å². The average molecular weight is 373 g/mol. The Balaban J connectivity index is 1.81. The highest BCUT2D eigenvalue weighted by Gasteiger charge is 2.41. The van der Waals surface area contributed by atoms with Crippen LogP contribution in [0.3, 0.4) is 0 Å². The molecule has 1 atom stereocenters. The number of hydrogen-bond acceptors (Lipinski definition) is 6. The first-order valence-corrected chi connectivity index (χ1v) is 8.39. The molecule has 1 fully saturated rings. The number of carboxylic acid groups (broad SMARTS) is 1. The molecule has 0 saturated carbocycles. The van der Waals surface area contributed by atoms with E-state index in [2.05, 4.69) is 20.6 Å². The summed E-state index contributed by atoms with van der Waals surface area (Å²) in [6, 6.07) is 6.79. The van der Waals surface area contributed by atoms with Crippen LogP contribution >= 0.6 is 11.6 Å². The predicted molar refractivity (Wildman–Crippen MR) is 98.3 cm³/mol. The SMILES string of the molecule is O=C(O)C=Cc1cnc(N[C@]2(C(=O)c3ccc(Cl)cc3)CCNC2)cn1. The summed E-state index contributed by atoms with van der Waals surface area (Å²) in [6.07, 6.45) is 5.88. The van der Waals surface area contributed by atoms with E-state index in [1.165, 1.54) is 18.5 Å². The number of rotatable bonds is 6. The van der Waals surface area contributed by atoms with Crippen LogP contribution in [-0.2, 0) is 4.79 Å². The molecule has 7 nitrogen and oxygen atoms in total. The third-order valence-electron chi connectivity index (χ3n) is 4.13. The molecule has 2 aromatic rings. The fourth-order valence-corrected chi connectivity index (χ4v) is 2.94. The number of carbonyl (C=O) groups excluding carboxylic acids is 1. The molecule has 2 heterocycles. The van der Waals surface area contributed by atoms with E-state index in [-0.39, 0.29) is 5.78 Å². The average Bonchev–Trinajstić information content (AvgIpc) is 3.11. The molecule has 1 aromatic heterocycles. The van der Waals surface area contributed by atoms with Gasteiger partial charge in [0.2, 0.25) is 0 Å². The van der Waals surface area contributed by atoms with Crippen LogP contribution in [0.1, 0.15) is 22.5 Å². The van der Waals surface area contributed by atoms with Gasteiger partial charge in [0.05, 0.1) is 18.1 Å². The van der Waals surface area contributed by atoms with E-state index in [0.717, 1.165) is 6.08 Å². The van der Waals surface area contributed by atoms with Crippen molar-refractivity contribution in [1.82, 2.24) is 15.3 Å². The molecule has 3 N–H and O–H groups in total. The Bertz CT molecular complexity index is 829. The lowest BCUT2D eigenvalue weighted by molar-refractivity contribution is -0.131. The number of hydrogen-bond donors (Lipinski definition) is 3. The van der Waals surface area contributed by atoms with Crippen molar-refractivity contribution in [3.8, 4) is 0 Å². The highest BCUT2D eigenvalue weighted by Crippen LogP contribution is 2.26. The normalized spacial score (nSPS) is 19.6. The number of Topliss-reactive ketones (excluding diaryl/α,β-unsaturated/α-hetero) is 1. The van der Waals surface area contributed by atoms with E-state index in [4.69, 9.17) is 16.7 Å². The summed E-state index contributed by atoms with van der Waals surface area (Å²) in [5.41, 5.74) is 0.168. The molecule has 1 aromatic carbocycles. The standard InChI is InChI=1S/C18H17ClN4O3/c19-13-3-1-12(2-4-13)17(26)18(7-8-20-11-18)23-15-10-21-14(9-22-15)5-6-16(24)25/h1-6,9-10,20H,7-8,11H2,(H,22,23)(H,24,25)/t18-/m1/s1. The zero-order chi connectivity index (χ0) is 18.6. The van der Waals surface area contributed by atoms with Crippen molar-refractivity contribution in [2.45, 2.75) is 12.0 Å². The Morgan fingerprint density at radius 3 is 2.58 bits per heavy atom. The Hall–Kier alpha value is -2.77. The smallest absolute Gasteiger partial charge is 0.328 e. The van der Waals surface area contributed by atoms with E-state index in [0.29, 0.717) is 41.6 Å². The third-order valence-corrected chi connectivity index (χ3v) is 4.38. The Morgan fingerprint density at radius 2 is 2.00 bits per heavy atom. The molecule has 0 amide bonds. The number of anilines is 1. The first-order chi connectivity index (χ1) is 12.5. The Morgan fingerprint density at radius 1 is 1.23 bits per heavy atom. The van der Waals surface area contributed by atoms with Gasteiger partial charge in [-0.2, -0.15) is 0 Å². The largest absolute Gasteiger partial charge is 0.478 e. The number of nitrogens with one attached hydrogen (secondary N) is 2. The number of halogens is 1. The molecule has 1 saturated heterocycles. The fourth-order valence-electron chi connectivity index (χ4n) is 2.82. The summed E-state index contributed by atoms with van der Waals surface area (Å²) >= 11 is 5.90. The maximum absolute atomic E-state index is 13.1. The van der Waals surface area contributed by atoms with E-state index in [9.17, 15) is 9.59 Å². The van der Waals surface area contributed by atoms with Crippen LogP contribution in [0.15, 0.2) is 42.7 Å². The molecule has 0 radical (unpaired) electrons. The number of ketones is 1. The minimum Gasteiger partial charge on any atom is -0.478 e. The maximum atomic E-state index is 13.1. The molecule has 134 valence electrons. The summed E-state index contributed by atoms with van der Waals surface area (Å²) in [6.45, 7) is 1.18. The minimum absolute atomic E-state index is 0.0455. The Kier molecular flexibility index (Phi) is 5.29. The molecule has 8 heteroatoms. The topological polar surface area (TPSA) is 104 Å². The van der Waals surface area contributed by atoms with Gasteiger partial charge >= 0.3 is 5.97 Å². The molecule has 1 aliphatic rings. The second-order valence-corrected chi connectivity index (χ2v) is 6.40. The van der Waals surface area contributed by atoms with E-state index >= 15 is 0 Å². The number of nitrogens with zero attached hydrogens (tertiary/aromatic N) is 2. The molecule has 1 aliphatic heterocycles. The highest BCUT2D eigenvalue weighted by atomic mass is 35.5. The van der Waals surface area contributed by atoms with Gasteiger partial charge in [-0.05, 0) is 43.3 Å². The van der Waals surface area contributed by atoms with Crippen molar-refractivity contribution >= 4 is 35.2 Å². The van der Waals surface area contributed by atoms with Gasteiger partial charge in [-0.15, -0.1) is 0 Å². The lowest BCUT2D eigenvalue weighted by Crippen LogP contribution is -2.48. The van der Waals surface area contributed by atoms with Crippen molar-refractivity contribution < 1.29 is 14.7 Å². The first kappa shape index (κ1) is 18.0. The van der Waals surface area contributed by atoms with Gasteiger partial charge < -0.3 is 15.7 Å². The van der Waals surface area contributed by atoms with E-state index in [1.807, 2.05) is 0 Å². The van der Waals surface area contributed by atoms with Gasteiger partial charge in [0.25, 0.3) is 0 Å². The van der Waals surface area contributed by atoms with Crippen LogP contribution in [0, 0.1) is 0 Å². The lowest BCUT2D eigenvalue weighted by atomic mass is 9.88. The molecule has 26 heavy (non-hydrogen) atoms. The minimum atomic E-state index is -1.06. The van der Waals surface area contributed by atoms with Crippen LogP contribution in [-0.4, -0.2) is 45.5 Å². The van der Waals surface area contributed by atoms with Crippen LogP contribution in [0.5, 0.6) is 0 Å². The van der Waals surface area contributed by atoms with Crippen molar-refractivity contribution in [2.24, 2.45) is 0 Å². The van der Waals surface area contributed by atoms with Gasteiger partial charge in [-0.3, -0.25) is 9.78 Å². The highest BCUT2D eigenvalue weighted by molar-refractivity contribution is 6.30. The van der Waals surface area contributed by atoms with E-state index < -0.39 is 11.5 Å². The van der Waals surface area contributed by atoms with Crippen molar-refractivity contribution in [3.63, 3.8) is 0 Å². The van der Waals surface area contributed by atoms with Gasteiger partial charge in [-0.25, -0.2) is 9.78 Å². The fraction of sp³-hybridized carbons (Fsp3) is 0.222. The Labute approximate surface area is 155 Å². The number of carbonyl (C=O) groups is 2. The first-order valence-electron chi connectivity index (χ1n) is 8.01. The molecular weight excluding hydrogens is 356 g/mol. The zero-order valence-electron chi connectivity index (χ0n) is 13.8. The van der Waals surface area contributed by atoms with Crippen LogP contribution in [0.25, 0.3) is 6.08 Å². The van der Waals surface area contributed by atoms with Crippen LogP contribution in [0.4, 0.5) is 5.82 Å². The summed E-state index contributed by atoms with van der Waals surface area (Å²) in [7, 11) is 0. The molecule has 0 unspecified atom stereocenters. The van der Waals surface area contributed by atoms with Crippen molar-refractivity contribution in [1.29, 1.82) is 0 Å². The molecular formula is C18H17ClN4O3. The lowest BCUT2D eigenvalue weighted by Gasteiger charge is -2.28. The molecule has 0 aliphatic carbocycles. The molecule has 3 rings (SSSR count). The second kappa shape index (κ2) is 7.63. The predicted octanol–water partition coefficient (Wildman–Crippen LogP) is 2.25. The maximum Gasteiger partial charge on any atom is 0.328 e. The monoisotopic (exact) mass is 372 g/mol. The number of carboxylic acids is 1. The summed E-state index contributed by atoms with van der Waals surface area (Å²) in [5.74, 6) is -0.655. The van der Waals surface area contributed by atoms with Crippen molar-refractivity contribution in [2.75, 3.05) is 18.4 Å². The van der Waals surface area contributed by atoms with Gasteiger partial charge in [-0.1, -0.05) is 11.6 Å². The molecule has 0 spiro atoms. The van der Waals surface area contributed by atoms with Crippen LogP contribution < -0.4 is 10.6 Å². The molecule has 0 bridgehead atoms. The quantitative estimate of drug-likeness (QED) is 0.527. The van der Waals surface area contributed by atoms with Crippen LogP contribution in [0.2, 0.25) is 5.02 Å². The zero-order valence-corrected chi connectivity index (χ0v) is 14.5. The summed E-state index contributed by atoms with van der Waals surface area (Å²) in [4.78, 5) is 32.0. The van der Waals surface area contributed by atoms with E-state index in [1.54, 1.807) is 24.3 Å².